The number of anilines is 3. The number of hydrogen-bond acceptors (Lipinski definition) is 2. The third-order valence-corrected chi connectivity index (χ3v) is 11.9. The lowest BCUT2D eigenvalue weighted by Crippen LogP contribution is -2.16. The molecule has 9 aromatic carbocycles. The molecular formula is C53H37NO. The van der Waals surface area contributed by atoms with Crippen molar-refractivity contribution in [1.29, 1.82) is 0 Å². The van der Waals surface area contributed by atoms with Crippen LogP contribution in [-0.2, 0) is 5.41 Å². The van der Waals surface area contributed by atoms with E-state index in [1.807, 2.05) is 0 Å². The maximum Gasteiger partial charge on any atom is 0.143 e. The highest BCUT2D eigenvalue weighted by Gasteiger charge is 2.38. The molecule has 0 amide bonds. The first-order valence-corrected chi connectivity index (χ1v) is 19.1. The third kappa shape index (κ3) is 4.81. The van der Waals surface area contributed by atoms with E-state index < -0.39 is 0 Å². The molecule has 10 aromatic rings. The molecule has 0 saturated heterocycles. The minimum absolute atomic E-state index is 0.119. The van der Waals surface area contributed by atoms with Gasteiger partial charge in [0.05, 0.1) is 11.4 Å². The van der Waals surface area contributed by atoms with Crippen molar-refractivity contribution in [2.24, 2.45) is 0 Å². The number of furan rings is 1. The molecule has 55 heavy (non-hydrogen) atoms. The molecule has 0 spiro atoms. The molecular weight excluding hydrogens is 667 g/mol. The maximum absolute atomic E-state index is 6.76. The predicted octanol–water partition coefficient (Wildman–Crippen LogP) is 15.0. The molecule has 1 heterocycles. The molecule has 2 nitrogen and oxygen atoms in total. The van der Waals surface area contributed by atoms with E-state index in [-0.39, 0.29) is 5.41 Å². The van der Waals surface area contributed by atoms with Gasteiger partial charge in [0.15, 0.2) is 0 Å². The summed E-state index contributed by atoms with van der Waals surface area (Å²) in [5.41, 5.74) is 15.0. The molecule has 0 bridgehead atoms. The van der Waals surface area contributed by atoms with E-state index in [1.54, 1.807) is 0 Å². The van der Waals surface area contributed by atoms with Gasteiger partial charge in [-0.1, -0.05) is 166 Å². The fourth-order valence-corrected chi connectivity index (χ4v) is 9.14. The van der Waals surface area contributed by atoms with Crippen LogP contribution in [-0.4, -0.2) is 0 Å². The molecule has 11 rings (SSSR count). The van der Waals surface area contributed by atoms with E-state index >= 15 is 0 Å². The van der Waals surface area contributed by atoms with Crippen LogP contribution in [0.1, 0.15) is 25.0 Å². The van der Waals surface area contributed by atoms with E-state index in [2.05, 4.69) is 207 Å². The van der Waals surface area contributed by atoms with Gasteiger partial charge in [0.25, 0.3) is 0 Å². The van der Waals surface area contributed by atoms with Crippen molar-refractivity contribution < 1.29 is 4.42 Å². The van der Waals surface area contributed by atoms with Crippen LogP contribution in [0.15, 0.2) is 192 Å². The fraction of sp³-hybridized carbons (Fsp3) is 0.0566. The largest absolute Gasteiger partial charge is 0.455 e. The minimum Gasteiger partial charge on any atom is -0.455 e. The fourth-order valence-electron chi connectivity index (χ4n) is 9.14. The van der Waals surface area contributed by atoms with Crippen molar-refractivity contribution in [2.75, 3.05) is 4.90 Å². The van der Waals surface area contributed by atoms with Crippen LogP contribution in [0.5, 0.6) is 0 Å². The number of rotatable bonds is 5. The smallest absolute Gasteiger partial charge is 0.143 e. The van der Waals surface area contributed by atoms with Gasteiger partial charge in [0.1, 0.15) is 11.2 Å². The third-order valence-electron chi connectivity index (χ3n) is 11.9. The molecule has 0 saturated carbocycles. The highest BCUT2D eigenvalue weighted by molar-refractivity contribution is 6.17. The highest BCUT2D eigenvalue weighted by atomic mass is 16.3. The van der Waals surface area contributed by atoms with Crippen LogP contribution in [0.3, 0.4) is 0 Å². The molecule has 0 radical (unpaired) electrons. The Balaban J connectivity index is 1.11. The first-order valence-electron chi connectivity index (χ1n) is 19.1. The summed E-state index contributed by atoms with van der Waals surface area (Å²) in [6.45, 7) is 4.70. The number of benzene rings is 9. The monoisotopic (exact) mass is 703 g/mol. The van der Waals surface area contributed by atoms with Gasteiger partial charge < -0.3 is 9.32 Å². The summed E-state index contributed by atoms with van der Waals surface area (Å²) in [5.74, 6) is 0. The molecule has 2 heteroatoms. The summed E-state index contributed by atoms with van der Waals surface area (Å²) in [6, 6.07) is 68.4. The molecule has 260 valence electrons. The summed E-state index contributed by atoms with van der Waals surface area (Å²) < 4.78 is 6.76. The number of fused-ring (bicyclic) bond motifs is 9. The summed E-state index contributed by atoms with van der Waals surface area (Å²) in [6.07, 6.45) is 0. The topological polar surface area (TPSA) is 16.4 Å². The van der Waals surface area contributed by atoms with Crippen molar-refractivity contribution in [3.05, 3.63) is 199 Å². The van der Waals surface area contributed by atoms with E-state index in [9.17, 15) is 0 Å². The average Bonchev–Trinajstić information content (AvgIpc) is 3.74. The van der Waals surface area contributed by atoms with E-state index in [4.69, 9.17) is 4.42 Å². The van der Waals surface area contributed by atoms with Crippen LogP contribution in [0.25, 0.3) is 76.9 Å². The second-order valence-electron chi connectivity index (χ2n) is 15.3. The summed E-state index contributed by atoms with van der Waals surface area (Å²) in [5, 5.41) is 7.07. The van der Waals surface area contributed by atoms with Gasteiger partial charge in [-0.15, -0.1) is 0 Å². The second-order valence-corrected chi connectivity index (χ2v) is 15.3. The Morgan fingerprint density at radius 1 is 0.400 bits per heavy atom. The van der Waals surface area contributed by atoms with Gasteiger partial charge in [-0.2, -0.15) is 0 Å². The Morgan fingerprint density at radius 3 is 1.87 bits per heavy atom. The lowest BCUT2D eigenvalue weighted by atomic mass is 9.82. The maximum atomic E-state index is 6.76. The normalized spacial score (nSPS) is 13.1. The van der Waals surface area contributed by atoms with Crippen molar-refractivity contribution >= 4 is 60.5 Å². The number of hydrogen-bond donors (Lipinski definition) is 0. The molecule has 1 aliphatic carbocycles. The molecule has 0 fully saturated rings. The lowest BCUT2D eigenvalue weighted by molar-refractivity contribution is 0.660. The lowest BCUT2D eigenvalue weighted by Gasteiger charge is -2.30. The van der Waals surface area contributed by atoms with Crippen LogP contribution in [0.2, 0.25) is 0 Å². The first-order chi connectivity index (χ1) is 27.0. The van der Waals surface area contributed by atoms with Gasteiger partial charge in [-0.3, -0.25) is 0 Å². The molecule has 0 unspecified atom stereocenters. The van der Waals surface area contributed by atoms with Gasteiger partial charge >= 0.3 is 0 Å². The van der Waals surface area contributed by atoms with Crippen LogP contribution >= 0.6 is 0 Å². The Kier molecular flexibility index (Phi) is 6.93. The SMILES string of the molecule is CC1(C)c2ccccc2-c2c(N(c3ccc(-c4cccc5c4oc4c6ccccc6ccc54)cc3)c3ccccc3-c3ccc4ccccc4c3)cccc21. The summed E-state index contributed by atoms with van der Waals surface area (Å²) >= 11 is 0. The summed E-state index contributed by atoms with van der Waals surface area (Å²) in [7, 11) is 0. The zero-order chi connectivity index (χ0) is 36.7. The van der Waals surface area contributed by atoms with E-state index in [1.165, 1.54) is 55.2 Å². The van der Waals surface area contributed by atoms with Crippen LogP contribution < -0.4 is 4.90 Å². The van der Waals surface area contributed by atoms with Gasteiger partial charge in [0, 0.05) is 44.0 Å². The molecule has 0 N–H and O–H groups in total. The number of para-hydroxylation sites is 2. The Morgan fingerprint density at radius 2 is 1.00 bits per heavy atom. The highest BCUT2D eigenvalue weighted by Crippen LogP contribution is 2.55. The van der Waals surface area contributed by atoms with Crippen molar-refractivity contribution in [3.63, 3.8) is 0 Å². The Hall–Kier alpha value is -6.90. The van der Waals surface area contributed by atoms with Crippen LogP contribution in [0, 0.1) is 0 Å². The second kappa shape index (κ2) is 12.1. The Labute approximate surface area is 320 Å². The Bertz CT molecular complexity index is 3130. The van der Waals surface area contributed by atoms with Crippen molar-refractivity contribution in [3.8, 4) is 33.4 Å². The average molecular weight is 704 g/mol. The quantitative estimate of drug-likeness (QED) is 0.177. The first kappa shape index (κ1) is 31.6. The van der Waals surface area contributed by atoms with Crippen molar-refractivity contribution in [2.45, 2.75) is 19.3 Å². The van der Waals surface area contributed by atoms with Crippen LogP contribution in [0.4, 0.5) is 17.1 Å². The van der Waals surface area contributed by atoms with Gasteiger partial charge in [-0.25, -0.2) is 0 Å². The summed E-state index contributed by atoms with van der Waals surface area (Å²) in [4.78, 5) is 2.47. The standard InChI is InChI=1S/C53H37NO/c1-53(2)46-21-9-7-18-45(46)50-47(53)22-12-24-49(50)54(48-23-10-8-16-40(48)38-26-25-34-13-3-4-15-37(34)33-38)39-30-27-36(28-31-39)42-19-11-20-43-44-32-29-35-14-5-6-17-41(35)52(44)55-51(42)43/h3-33H,1-2H3. The van der Waals surface area contributed by atoms with E-state index in [0.717, 1.165) is 49.8 Å². The molecule has 1 aromatic heterocycles. The zero-order valence-electron chi connectivity index (χ0n) is 30.8. The molecule has 0 aliphatic heterocycles. The predicted molar refractivity (Wildman–Crippen MR) is 232 cm³/mol. The zero-order valence-corrected chi connectivity index (χ0v) is 30.8. The number of nitrogens with zero attached hydrogens (tertiary/aromatic N) is 1. The van der Waals surface area contributed by atoms with Gasteiger partial charge in [0.2, 0.25) is 0 Å². The minimum atomic E-state index is -0.119. The molecule has 1 aliphatic rings. The van der Waals surface area contributed by atoms with Gasteiger partial charge in [-0.05, 0) is 80.4 Å². The van der Waals surface area contributed by atoms with E-state index in [0.29, 0.717) is 0 Å². The van der Waals surface area contributed by atoms with Crippen molar-refractivity contribution in [1.82, 2.24) is 0 Å². The molecule has 0 atom stereocenters.